The Morgan fingerprint density at radius 2 is 1.56 bits per heavy atom. The van der Waals surface area contributed by atoms with Gasteiger partial charge in [0.2, 0.25) is 0 Å². The first-order chi connectivity index (χ1) is 13.2. The van der Waals surface area contributed by atoms with Crippen molar-refractivity contribution in [3.63, 3.8) is 0 Å². The highest BCUT2D eigenvalue weighted by atomic mass is 35.5. The van der Waals surface area contributed by atoms with Crippen LogP contribution in [0.5, 0.6) is 0 Å². The lowest BCUT2D eigenvalue weighted by molar-refractivity contribution is 0.525. The second-order valence-corrected chi connectivity index (χ2v) is 7.81. The predicted octanol–water partition coefficient (Wildman–Crippen LogP) is 6.30. The molecule has 0 fully saturated rings. The summed E-state index contributed by atoms with van der Waals surface area (Å²) in [5.41, 5.74) is 6.05. The first-order valence-electron chi connectivity index (χ1n) is 9.06. The largest absolute Gasteiger partial charge is 0.357 e. The van der Waals surface area contributed by atoms with Crippen LogP contribution in [0.25, 0.3) is 10.9 Å². The molecule has 27 heavy (non-hydrogen) atoms. The molecule has 2 N–H and O–H groups in total. The summed E-state index contributed by atoms with van der Waals surface area (Å²) in [5.74, 6) is 0.202. The van der Waals surface area contributed by atoms with E-state index in [0.717, 1.165) is 27.7 Å². The van der Waals surface area contributed by atoms with Crippen molar-refractivity contribution in [2.75, 3.05) is 6.54 Å². The number of hydrogen-bond acceptors (Lipinski definition) is 1. The first-order valence-corrected chi connectivity index (χ1v) is 9.82. The molecule has 0 bridgehead atoms. The number of aromatic amines is 1. The molecule has 2 nitrogen and oxygen atoms in total. The molecule has 4 aromatic rings. The van der Waals surface area contributed by atoms with Gasteiger partial charge < -0.3 is 10.3 Å². The van der Waals surface area contributed by atoms with Crippen molar-refractivity contribution in [3.05, 3.63) is 105 Å². The van der Waals surface area contributed by atoms with Gasteiger partial charge >= 0.3 is 0 Å². The Morgan fingerprint density at radius 3 is 2.37 bits per heavy atom. The molecular weight excluding hydrogens is 375 g/mol. The monoisotopic (exact) mass is 392 g/mol. The maximum absolute atomic E-state index is 6.56. The Hall–Kier alpha value is -2.26. The second kappa shape index (κ2) is 6.72. The lowest BCUT2D eigenvalue weighted by Crippen LogP contribution is -2.34. The molecule has 1 aliphatic rings. The van der Waals surface area contributed by atoms with Crippen LogP contribution in [-0.4, -0.2) is 11.5 Å². The van der Waals surface area contributed by atoms with Gasteiger partial charge in [-0.3, -0.25) is 0 Å². The van der Waals surface area contributed by atoms with E-state index in [0.29, 0.717) is 0 Å². The minimum absolute atomic E-state index is 0.100. The van der Waals surface area contributed by atoms with E-state index in [1.807, 2.05) is 24.3 Å². The molecule has 0 saturated heterocycles. The van der Waals surface area contributed by atoms with Crippen molar-refractivity contribution in [1.29, 1.82) is 0 Å². The molecule has 3 aromatic carbocycles. The number of fused-ring (bicyclic) bond motifs is 3. The SMILES string of the molecule is Clc1ccc(C2NCC(c3ccccc3Cl)c3c2[nH]c2ccccc32)cc1. The normalized spacial score (nSPS) is 19.2. The van der Waals surface area contributed by atoms with E-state index in [2.05, 4.69) is 58.8 Å². The molecule has 0 amide bonds. The molecule has 1 aromatic heterocycles. The van der Waals surface area contributed by atoms with E-state index in [4.69, 9.17) is 23.2 Å². The van der Waals surface area contributed by atoms with Gasteiger partial charge in [0.15, 0.2) is 0 Å². The number of H-pyrrole nitrogens is 1. The van der Waals surface area contributed by atoms with Crippen molar-refractivity contribution in [3.8, 4) is 0 Å². The zero-order valence-corrected chi connectivity index (χ0v) is 16.1. The molecule has 2 heterocycles. The predicted molar refractivity (Wildman–Crippen MR) is 113 cm³/mol. The van der Waals surface area contributed by atoms with Gasteiger partial charge in [-0.1, -0.05) is 71.7 Å². The van der Waals surface area contributed by atoms with Crippen LogP contribution < -0.4 is 5.32 Å². The van der Waals surface area contributed by atoms with Gasteiger partial charge in [0.05, 0.1) is 6.04 Å². The molecule has 5 rings (SSSR count). The third kappa shape index (κ3) is 2.85. The maximum atomic E-state index is 6.56. The molecular formula is C23H18Cl2N2. The number of para-hydroxylation sites is 1. The summed E-state index contributed by atoms with van der Waals surface area (Å²) in [4.78, 5) is 3.66. The third-order valence-electron chi connectivity index (χ3n) is 5.42. The molecule has 2 unspecified atom stereocenters. The number of halogens is 2. The van der Waals surface area contributed by atoms with Crippen molar-refractivity contribution in [2.24, 2.45) is 0 Å². The first kappa shape index (κ1) is 16.9. The zero-order chi connectivity index (χ0) is 18.4. The van der Waals surface area contributed by atoms with Crippen LogP contribution in [0.15, 0.2) is 72.8 Å². The van der Waals surface area contributed by atoms with E-state index < -0.39 is 0 Å². The Labute approximate surface area is 168 Å². The number of hydrogen-bond donors (Lipinski definition) is 2. The van der Waals surface area contributed by atoms with Crippen LogP contribution >= 0.6 is 23.2 Å². The van der Waals surface area contributed by atoms with Crippen molar-refractivity contribution >= 4 is 34.1 Å². The molecule has 2 atom stereocenters. The van der Waals surface area contributed by atoms with Crippen LogP contribution in [0.1, 0.15) is 34.3 Å². The van der Waals surface area contributed by atoms with E-state index in [1.165, 1.54) is 22.2 Å². The van der Waals surface area contributed by atoms with Crippen LogP contribution in [-0.2, 0) is 0 Å². The number of aromatic nitrogens is 1. The molecule has 0 radical (unpaired) electrons. The fourth-order valence-electron chi connectivity index (χ4n) is 4.19. The molecule has 1 aliphatic heterocycles. The van der Waals surface area contributed by atoms with Crippen LogP contribution in [0.2, 0.25) is 10.0 Å². The van der Waals surface area contributed by atoms with Gasteiger partial charge in [-0.05, 0) is 41.0 Å². The van der Waals surface area contributed by atoms with Gasteiger partial charge in [0, 0.05) is 39.1 Å². The Balaban J connectivity index is 1.72. The maximum Gasteiger partial charge on any atom is 0.0732 e. The quantitative estimate of drug-likeness (QED) is 0.411. The summed E-state index contributed by atoms with van der Waals surface area (Å²) >= 11 is 12.7. The van der Waals surface area contributed by atoms with Gasteiger partial charge in [-0.2, -0.15) is 0 Å². The standard InChI is InChI=1S/C23H18Cl2N2/c24-15-11-9-14(10-12-15)22-23-21(17-6-2-4-8-20(17)27-23)18(13-26-22)16-5-1-3-7-19(16)25/h1-12,18,22,26-27H,13H2. The van der Waals surface area contributed by atoms with E-state index in [9.17, 15) is 0 Å². The van der Waals surface area contributed by atoms with E-state index >= 15 is 0 Å². The zero-order valence-electron chi connectivity index (χ0n) is 14.5. The Morgan fingerprint density at radius 1 is 0.815 bits per heavy atom. The van der Waals surface area contributed by atoms with Gasteiger partial charge in [0.25, 0.3) is 0 Å². The number of benzene rings is 3. The number of nitrogens with one attached hydrogen (secondary N) is 2. The van der Waals surface area contributed by atoms with Gasteiger partial charge in [-0.15, -0.1) is 0 Å². The van der Waals surface area contributed by atoms with Crippen LogP contribution in [0.4, 0.5) is 0 Å². The molecule has 4 heteroatoms. The van der Waals surface area contributed by atoms with E-state index in [-0.39, 0.29) is 12.0 Å². The molecule has 134 valence electrons. The summed E-state index contributed by atoms with van der Waals surface area (Å²) in [6, 6.07) is 24.8. The van der Waals surface area contributed by atoms with Crippen molar-refractivity contribution in [2.45, 2.75) is 12.0 Å². The Bertz CT molecular complexity index is 1110. The molecule has 0 aliphatic carbocycles. The minimum atomic E-state index is 0.100. The minimum Gasteiger partial charge on any atom is -0.357 e. The number of rotatable bonds is 2. The lowest BCUT2D eigenvalue weighted by Gasteiger charge is -2.31. The van der Waals surface area contributed by atoms with Crippen LogP contribution in [0.3, 0.4) is 0 Å². The topological polar surface area (TPSA) is 27.8 Å². The fourth-order valence-corrected chi connectivity index (χ4v) is 4.58. The van der Waals surface area contributed by atoms with Crippen LogP contribution in [0, 0.1) is 0 Å². The smallest absolute Gasteiger partial charge is 0.0732 e. The summed E-state index contributed by atoms with van der Waals surface area (Å²) in [7, 11) is 0. The average Bonchev–Trinajstić information content (AvgIpc) is 3.08. The average molecular weight is 393 g/mol. The fraction of sp³-hybridized carbons (Fsp3) is 0.130. The molecule has 0 saturated carbocycles. The highest BCUT2D eigenvalue weighted by Crippen LogP contribution is 2.43. The second-order valence-electron chi connectivity index (χ2n) is 6.96. The lowest BCUT2D eigenvalue weighted by atomic mass is 9.83. The Kier molecular flexibility index (Phi) is 4.20. The highest BCUT2D eigenvalue weighted by Gasteiger charge is 2.33. The third-order valence-corrected chi connectivity index (χ3v) is 6.02. The summed E-state index contributed by atoms with van der Waals surface area (Å²) in [6.45, 7) is 0.825. The summed E-state index contributed by atoms with van der Waals surface area (Å²) in [6.07, 6.45) is 0. The van der Waals surface area contributed by atoms with Gasteiger partial charge in [-0.25, -0.2) is 0 Å². The summed E-state index contributed by atoms with van der Waals surface area (Å²) < 4.78 is 0. The molecule has 0 spiro atoms. The summed E-state index contributed by atoms with van der Waals surface area (Å²) in [5, 5.41) is 6.54. The highest BCUT2D eigenvalue weighted by molar-refractivity contribution is 6.31. The van der Waals surface area contributed by atoms with Gasteiger partial charge in [0.1, 0.15) is 0 Å². The van der Waals surface area contributed by atoms with Crippen molar-refractivity contribution < 1.29 is 0 Å². The van der Waals surface area contributed by atoms with Crippen molar-refractivity contribution in [1.82, 2.24) is 10.3 Å². The van der Waals surface area contributed by atoms with E-state index in [1.54, 1.807) is 0 Å².